The molecule has 0 aliphatic carbocycles. The van der Waals surface area contributed by atoms with E-state index in [0.29, 0.717) is 0 Å². The number of carboxylic acid groups (broad SMARTS) is 2. The summed E-state index contributed by atoms with van der Waals surface area (Å²) < 4.78 is 5.39. The third-order valence-electron chi connectivity index (χ3n) is 3.02. The molecule has 0 aromatic carbocycles. The molecule has 1 rings (SSSR count). The average Bonchev–Trinajstić information content (AvgIpc) is 2.41. The first-order valence-electron chi connectivity index (χ1n) is 6.55. The Morgan fingerprint density at radius 2 is 1.90 bits per heavy atom. The first kappa shape index (κ1) is 16.4. The van der Waals surface area contributed by atoms with Crippen molar-refractivity contribution >= 4 is 17.8 Å². The molecule has 1 aliphatic heterocycles. The molecule has 1 aliphatic rings. The highest BCUT2D eigenvalue weighted by Crippen LogP contribution is 2.06. The highest BCUT2D eigenvalue weighted by molar-refractivity contribution is 5.84. The summed E-state index contributed by atoms with van der Waals surface area (Å²) in [6.07, 6.45) is 1.17. The SMILES string of the molecule is O=C(O)CCC(NC(=O)COC1CCNCC1)C(=O)O. The highest BCUT2D eigenvalue weighted by atomic mass is 16.5. The number of nitrogens with one attached hydrogen (secondary N) is 2. The number of aliphatic carboxylic acids is 2. The minimum absolute atomic E-state index is 0.00398. The zero-order valence-corrected chi connectivity index (χ0v) is 11.1. The number of hydrogen-bond donors (Lipinski definition) is 4. The molecule has 8 heteroatoms. The van der Waals surface area contributed by atoms with Gasteiger partial charge in [-0.3, -0.25) is 9.59 Å². The van der Waals surface area contributed by atoms with Crippen LogP contribution in [-0.2, 0) is 19.1 Å². The quantitative estimate of drug-likeness (QED) is 0.460. The van der Waals surface area contributed by atoms with Gasteiger partial charge in [-0.2, -0.15) is 0 Å². The van der Waals surface area contributed by atoms with E-state index in [1.54, 1.807) is 0 Å². The first-order chi connectivity index (χ1) is 9.49. The standard InChI is InChI=1S/C12H20N2O6/c15-10(7-20-8-3-5-13-6-4-8)14-9(12(18)19)1-2-11(16)17/h8-9,13H,1-7H2,(H,14,15)(H,16,17)(H,18,19). The fraction of sp³-hybridized carbons (Fsp3) is 0.750. The number of amides is 1. The summed E-state index contributed by atoms with van der Waals surface area (Å²) >= 11 is 0. The summed E-state index contributed by atoms with van der Waals surface area (Å²) in [5, 5.41) is 22.8. The van der Waals surface area contributed by atoms with Crippen molar-refractivity contribution in [2.24, 2.45) is 0 Å². The van der Waals surface area contributed by atoms with Gasteiger partial charge in [0.25, 0.3) is 0 Å². The van der Waals surface area contributed by atoms with Gasteiger partial charge in [-0.25, -0.2) is 4.79 Å². The molecule has 1 atom stereocenters. The normalized spacial score (nSPS) is 17.4. The molecule has 8 nitrogen and oxygen atoms in total. The van der Waals surface area contributed by atoms with Crippen LogP contribution >= 0.6 is 0 Å². The summed E-state index contributed by atoms with van der Waals surface area (Å²) in [5.41, 5.74) is 0. The van der Waals surface area contributed by atoms with Crippen LogP contribution in [0.2, 0.25) is 0 Å². The minimum Gasteiger partial charge on any atom is -0.481 e. The van der Waals surface area contributed by atoms with Crippen molar-refractivity contribution in [3.63, 3.8) is 0 Å². The average molecular weight is 288 g/mol. The van der Waals surface area contributed by atoms with Crippen LogP contribution in [0.1, 0.15) is 25.7 Å². The van der Waals surface area contributed by atoms with Gasteiger partial charge in [0.2, 0.25) is 5.91 Å². The third kappa shape index (κ3) is 6.48. The van der Waals surface area contributed by atoms with Crippen molar-refractivity contribution in [3.05, 3.63) is 0 Å². The predicted molar refractivity (Wildman–Crippen MR) is 68.3 cm³/mol. The van der Waals surface area contributed by atoms with Crippen LogP contribution in [0.4, 0.5) is 0 Å². The molecule has 0 saturated carbocycles. The Balaban J connectivity index is 2.29. The van der Waals surface area contributed by atoms with E-state index in [2.05, 4.69) is 10.6 Å². The van der Waals surface area contributed by atoms with Gasteiger partial charge in [0.1, 0.15) is 12.6 Å². The van der Waals surface area contributed by atoms with Gasteiger partial charge in [0, 0.05) is 6.42 Å². The predicted octanol–water partition coefficient (Wildman–Crippen LogP) is -0.811. The van der Waals surface area contributed by atoms with Crippen molar-refractivity contribution in [1.29, 1.82) is 0 Å². The van der Waals surface area contributed by atoms with Gasteiger partial charge in [0.05, 0.1) is 6.10 Å². The number of rotatable bonds is 8. The molecular weight excluding hydrogens is 268 g/mol. The van der Waals surface area contributed by atoms with Crippen molar-refractivity contribution < 1.29 is 29.3 Å². The number of carbonyl (C=O) groups is 3. The van der Waals surface area contributed by atoms with Crippen LogP contribution in [0.25, 0.3) is 0 Å². The number of carbonyl (C=O) groups excluding carboxylic acids is 1. The van der Waals surface area contributed by atoms with E-state index in [1.807, 2.05) is 0 Å². The van der Waals surface area contributed by atoms with Crippen LogP contribution in [-0.4, -0.2) is 59.9 Å². The summed E-state index contributed by atoms with van der Waals surface area (Å²) in [5.74, 6) is -2.89. The molecule has 1 amide bonds. The maximum absolute atomic E-state index is 11.6. The number of ether oxygens (including phenoxy) is 1. The molecular formula is C12H20N2O6. The molecule has 4 N–H and O–H groups in total. The fourth-order valence-electron chi connectivity index (χ4n) is 1.92. The molecule has 1 fully saturated rings. The number of carboxylic acids is 2. The molecule has 0 bridgehead atoms. The Hall–Kier alpha value is -1.67. The molecule has 114 valence electrons. The summed E-state index contributed by atoms with van der Waals surface area (Å²) in [6, 6.07) is -1.20. The summed E-state index contributed by atoms with van der Waals surface area (Å²) in [6.45, 7) is 1.47. The molecule has 0 radical (unpaired) electrons. The van der Waals surface area contributed by atoms with E-state index in [9.17, 15) is 14.4 Å². The van der Waals surface area contributed by atoms with Gasteiger partial charge in [0.15, 0.2) is 0 Å². The Morgan fingerprint density at radius 1 is 1.25 bits per heavy atom. The second-order valence-corrected chi connectivity index (χ2v) is 4.65. The maximum Gasteiger partial charge on any atom is 0.326 e. The highest BCUT2D eigenvalue weighted by Gasteiger charge is 2.22. The monoisotopic (exact) mass is 288 g/mol. The lowest BCUT2D eigenvalue weighted by atomic mass is 10.1. The molecule has 0 aromatic heterocycles. The molecule has 0 aromatic rings. The lowest BCUT2D eigenvalue weighted by Crippen LogP contribution is -2.43. The maximum atomic E-state index is 11.6. The van der Waals surface area contributed by atoms with E-state index in [4.69, 9.17) is 14.9 Å². The van der Waals surface area contributed by atoms with E-state index >= 15 is 0 Å². The Morgan fingerprint density at radius 3 is 2.45 bits per heavy atom. The topological polar surface area (TPSA) is 125 Å². The first-order valence-corrected chi connectivity index (χ1v) is 6.55. The molecule has 1 saturated heterocycles. The van der Waals surface area contributed by atoms with Crippen molar-refractivity contribution in [2.45, 2.75) is 37.8 Å². The second-order valence-electron chi connectivity index (χ2n) is 4.65. The van der Waals surface area contributed by atoms with E-state index in [1.165, 1.54) is 0 Å². The van der Waals surface area contributed by atoms with Gasteiger partial charge >= 0.3 is 11.9 Å². The summed E-state index contributed by atoms with van der Waals surface area (Å²) in [7, 11) is 0. The number of piperidine rings is 1. The van der Waals surface area contributed by atoms with Crippen LogP contribution in [0.3, 0.4) is 0 Å². The lowest BCUT2D eigenvalue weighted by Gasteiger charge is -2.23. The minimum atomic E-state index is -1.25. The zero-order valence-electron chi connectivity index (χ0n) is 11.1. The second kappa shape index (κ2) is 8.49. The zero-order chi connectivity index (χ0) is 15.0. The Bertz CT molecular complexity index is 354. The Kier molecular flexibility index (Phi) is 6.96. The molecule has 0 spiro atoms. The molecule has 1 heterocycles. The lowest BCUT2D eigenvalue weighted by molar-refractivity contribution is -0.144. The third-order valence-corrected chi connectivity index (χ3v) is 3.02. The van der Waals surface area contributed by atoms with Crippen molar-refractivity contribution in [3.8, 4) is 0 Å². The van der Waals surface area contributed by atoms with Crippen LogP contribution in [0.5, 0.6) is 0 Å². The molecule has 1 unspecified atom stereocenters. The van der Waals surface area contributed by atoms with E-state index in [0.717, 1.165) is 25.9 Å². The fourth-order valence-corrected chi connectivity index (χ4v) is 1.92. The van der Waals surface area contributed by atoms with E-state index < -0.39 is 23.9 Å². The smallest absolute Gasteiger partial charge is 0.326 e. The van der Waals surface area contributed by atoms with Gasteiger partial charge in [-0.05, 0) is 32.4 Å². The van der Waals surface area contributed by atoms with Gasteiger partial charge in [-0.1, -0.05) is 0 Å². The number of hydrogen-bond acceptors (Lipinski definition) is 5. The van der Waals surface area contributed by atoms with Gasteiger partial charge < -0.3 is 25.6 Å². The largest absolute Gasteiger partial charge is 0.481 e. The summed E-state index contributed by atoms with van der Waals surface area (Å²) in [4.78, 5) is 32.9. The van der Waals surface area contributed by atoms with Crippen LogP contribution in [0, 0.1) is 0 Å². The van der Waals surface area contributed by atoms with E-state index in [-0.39, 0.29) is 25.6 Å². The van der Waals surface area contributed by atoms with Crippen LogP contribution < -0.4 is 10.6 Å². The van der Waals surface area contributed by atoms with Crippen molar-refractivity contribution in [2.75, 3.05) is 19.7 Å². The van der Waals surface area contributed by atoms with Crippen LogP contribution in [0.15, 0.2) is 0 Å². The Labute approximate surface area is 116 Å². The molecule has 20 heavy (non-hydrogen) atoms. The van der Waals surface area contributed by atoms with Gasteiger partial charge in [-0.15, -0.1) is 0 Å². The van der Waals surface area contributed by atoms with Crippen molar-refractivity contribution in [1.82, 2.24) is 10.6 Å².